The van der Waals surface area contributed by atoms with Gasteiger partial charge in [0.25, 0.3) is 0 Å². The third kappa shape index (κ3) is 5.83. The van der Waals surface area contributed by atoms with Crippen LogP contribution in [0.2, 0.25) is 0 Å². The van der Waals surface area contributed by atoms with Crippen LogP contribution in [0.4, 0.5) is 4.79 Å². The second-order valence-electron chi connectivity index (χ2n) is 6.95. The number of likely N-dealkylation sites (tertiary alicyclic amines) is 1. The van der Waals surface area contributed by atoms with Gasteiger partial charge in [-0.2, -0.15) is 0 Å². The van der Waals surface area contributed by atoms with Crippen LogP contribution in [0.15, 0.2) is 0 Å². The molecule has 1 saturated heterocycles. The van der Waals surface area contributed by atoms with Crippen LogP contribution in [0.1, 0.15) is 47.0 Å². The fourth-order valence-electron chi connectivity index (χ4n) is 2.24. The van der Waals surface area contributed by atoms with Crippen molar-refractivity contribution in [3.63, 3.8) is 0 Å². The molecule has 0 aromatic carbocycles. The molecule has 1 N–H and O–H groups in total. The molecule has 0 aromatic rings. The second kappa shape index (κ2) is 8.36. The Hall–Kier alpha value is -1.30. The van der Waals surface area contributed by atoms with Crippen molar-refractivity contribution in [2.75, 3.05) is 26.8 Å². The predicted molar refractivity (Wildman–Crippen MR) is 84.6 cm³/mol. The van der Waals surface area contributed by atoms with Gasteiger partial charge in [0.05, 0.1) is 13.7 Å². The normalized spacial score (nSPS) is 19.3. The van der Waals surface area contributed by atoms with Gasteiger partial charge >= 0.3 is 12.1 Å². The molecule has 0 saturated carbocycles. The first-order valence-corrected chi connectivity index (χ1v) is 8.03. The van der Waals surface area contributed by atoms with Crippen LogP contribution in [-0.4, -0.2) is 55.9 Å². The quantitative estimate of drug-likeness (QED) is 0.730. The van der Waals surface area contributed by atoms with E-state index in [0.717, 1.165) is 19.4 Å². The summed E-state index contributed by atoms with van der Waals surface area (Å²) in [6.07, 6.45) is 2.18. The smallest absolute Gasteiger partial charge is 0.410 e. The molecule has 0 aromatic heterocycles. The summed E-state index contributed by atoms with van der Waals surface area (Å²) in [6, 6.07) is -0.217. The Morgan fingerprint density at radius 1 is 1.36 bits per heavy atom. The lowest BCUT2D eigenvalue weighted by Gasteiger charge is -2.40. The third-order valence-corrected chi connectivity index (χ3v) is 3.95. The van der Waals surface area contributed by atoms with Crippen molar-refractivity contribution in [3.8, 4) is 0 Å². The van der Waals surface area contributed by atoms with E-state index in [0.29, 0.717) is 19.6 Å². The van der Waals surface area contributed by atoms with Crippen LogP contribution < -0.4 is 5.32 Å². The average Bonchev–Trinajstić information content (AvgIpc) is 2.40. The van der Waals surface area contributed by atoms with Gasteiger partial charge in [-0.1, -0.05) is 27.7 Å². The van der Waals surface area contributed by atoms with Gasteiger partial charge in [-0.05, 0) is 24.7 Å². The van der Waals surface area contributed by atoms with E-state index in [2.05, 4.69) is 26.1 Å². The summed E-state index contributed by atoms with van der Waals surface area (Å²) in [4.78, 5) is 25.3. The second-order valence-corrected chi connectivity index (χ2v) is 6.95. The number of hydrogen-bond donors (Lipinski definition) is 1. The highest BCUT2D eigenvalue weighted by Crippen LogP contribution is 2.21. The first-order chi connectivity index (χ1) is 10.3. The van der Waals surface area contributed by atoms with Gasteiger partial charge in [-0.3, -0.25) is 4.79 Å². The van der Waals surface area contributed by atoms with Crippen molar-refractivity contribution in [1.29, 1.82) is 0 Å². The minimum Gasteiger partial charge on any atom is -0.468 e. The number of nitrogens with zero attached hydrogens (tertiary/aromatic N) is 1. The van der Waals surface area contributed by atoms with Gasteiger partial charge in [-0.25, -0.2) is 4.79 Å². The molecule has 1 rings (SSSR count). The summed E-state index contributed by atoms with van der Waals surface area (Å²) in [5.74, 6) is -0.263. The fraction of sp³-hybridized carbons (Fsp3) is 0.875. The van der Waals surface area contributed by atoms with E-state index in [9.17, 15) is 9.59 Å². The molecule has 6 nitrogen and oxygen atoms in total. The molecular weight excluding hydrogens is 284 g/mol. The zero-order chi connectivity index (χ0) is 16.8. The van der Waals surface area contributed by atoms with Crippen molar-refractivity contribution in [1.82, 2.24) is 10.2 Å². The number of hydrogen-bond acceptors (Lipinski definition) is 5. The molecule has 2 unspecified atom stereocenters. The minimum atomic E-state index is -0.315. The Balaban J connectivity index is 2.32. The SMILES string of the molecule is CCC(NCC1CCN1C(=O)OCCC(C)(C)C)C(=O)OC. The van der Waals surface area contributed by atoms with Crippen LogP contribution in [0.3, 0.4) is 0 Å². The predicted octanol–water partition coefficient (Wildman–Crippen LogP) is 2.17. The molecule has 1 aliphatic rings. The number of esters is 1. The van der Waals surface area contributed by atoms with Crippen molar-refractivity contribution in [2.45, 2.75) is 59.0 Å². The maximum Gasteiger partial charge on any atom is 0.410 e. The summed E-state index contributed by atoms with van der Waals surface area (Å²) in [5, 5.41) is 3.16. The van der Waals surface area contributed by atoms with Crippen LogP contribution in [0.25, 0.3) is 0 Å². The molecule has 1 amide bonds. The maximum absolute atomic E-state index is 12.0. The number of methoxy groups -OCH3 is 1. The van der Waals surface area contributed by atoms with E-state index in [1.165, 1.54) is 7.11 Å². The highest BCUT2D eigenvalue weighted by atomic mass is 16.6. The lowest BCUT2D eigenvalue weighted by molar-refractivity contribution is -0.143. The van der Waals surface area contributed by atoms with Gasteiger partial charge < -0.3 is 19.7 Å². The van der Waals surface area contributed by atoms with E-state index in [-0.39, 0.29) is 29.6 Å². The van der Waals surface area contributed by atoms with Crippen LogP contribution in [0, 0.1) is 5.41 Å². The van der Waals surface area contributed by atoms with E-state index in [4.69, 9.17) is 9.47 Å². The highest BCUT2D eigenvalue weighted by Gasteiger charge is 2.34. The molecule has 1 aliphatic heterocycles. The van der Waals surface area contributed by atoms with Gasteiger partial charge in [-0.15, -0.1) is 0 Å². The number of carbonyl (C=O) groups excluding carboxylic acids is 2. The molecule has 2 atom stereocenters. The standard InChI is InChI=1S/C16H30N2O4/c1-6-13(14(19)21-5)17-11-12-7-9-18(12)15(20)22-10-8-16(2,3)4/h12-13,17H,6-11H2,1-5H3. The van der Waals surface area contributed by atoms with E-state index in [1.54, 1.807) is 4.90 Å². The molecule has 6 heteroatoms. The summed E-state index contributed by atoms with van der Waals surface area (Å²) < 4.78 is 10.1. The molecule has 0 bridgehead atoms. The lowest BCUT2D eigenvalue weighted by atomic mass is 9.93. The Kier molecular flexibility index (Phi) is 7.13. The summed E-state index contributed by atoms with van der Waals surface area (Å²) in [6.45, 7) is 10.0. The first-order valence-electron chi connectivity index (χ1n) is 8.03. The van der Waals surface area contributed by atoms with E-state index < -0.39 is 0 Å². The Morgan fingerprint density at radius 3 is 2.50 bits per heavy atom. The molecule has 1 heterocycles. The molecule has 0 aliphatic carbocycles. The molecule has 0 radical (unpaired) electrons. The number of carbonyl (C=O) groups is 2. The zero-order valence-electron chi connectivity index (χ0n) is 14.5. The topological polar surface area (TPSA) is 67.9 Å². The number of ether oxygens (including phenoxy) is 2. The van der Waals surface area contributed by atoms with Crippen molar-refractivity contribution >= 4 is 12.1 Å². The molecule has 0 spiro atoms. The van der Waals surface area contributed by atoms with E-state index in [1.807, 2.05) is 6.92 Å². The molecule has 22 heavy (non-hydrogen) atoms. The number of rotatable bonds is 7. The lowest BCUT2D eigenvalue weighted by Crippen LogP contribution is -2.57. The summed E-state index contributed by atoms with van der Waals surface area (Å²) in [7, 11) is 1.38. The minimum absolute atomic E-state index is 0.0980. The van der Waals surface area contributed by atoms with Crippen LogP contribution in [-0.2, 0) is 14.3 Å². The van der Waals surface area contributed by atoms with E-state index >= 15 is 0 Å². The number of nitrogens with one attached hydrogen (secondary N) is 1. The summed E-state index contributed by atoms with van der Waals surface area (Å²) >= 11 is 0. The zero-order valence-corrected chi connectivity index (χ0v) is 14.5. The average molecular weight is 314 g/mol. The van der Waals surface area contributed by atoms with Crippen molar-refractivity contribution < 1.29 is 19.1 Å². The fourth-order valence-corrected chi connectivity index (χ4v) is 2.24. The van der Waals surface area contributed by atoms with Crippen LogP contribution >= 0.6 is 0 Å². The summed E-state index contributed by atoms with van der Waals surface area (Å²) in [5.41, 5.74) is 0.158. The number of amides is 1. The van der Waals surface area contributed by atoms with Gasteiger partial charge in [0.2, 0.25) is 0 Å². The van der Waals surface area contributed by atoms with Gasteiger partial charge in [0, 0.05) is 19.1 Å². The monoisotopic (exact) mass is 314 g/mol. The van der Waals surface area contributed by atoms with Gasteiger partial charge in [0.15, 0.2) is 0 Å². The Morgan fingerprint density at radius 2 is 2.05 bits per heavy atom. The molecular formula is C16H30N2O4. The Labute approximate surface area is 133 Å². The maximum atomic E-state index is 12.0. The third-order valence-electron chi connectivity index (χ3n) is 3.95. The van der Waals surface area contributed by atoms with Gasteiger partial charge in [0.1, 0.15) is 6.04 Å². The van der Waals surface area contributed by atoms with Crippen molar-refractivity contribution in [2.24, 2.45) is 5.41 Å². The van der Waals surface area contributed by atoms with Crippen LogP contribution in [0.5, 0.6) is 0 Å². The molecule has 1 fully saturated rings. The van der Waals surface area contributed by atoms with Crippen molar-refractivity contribution in [3.05, 3.63) is 0 Å². The largest absolute Gasteiger partial charge is 0.468 e. The Bertz CT molecular complexity index is 379. The first kappa shape index (κ1) is 18.7. The molecule has 128 valence electrons. The highest BCUT2D eigenvalue weighted by molar-refractivity contribution is 5.75.